The summed E-state index contributed by atoms with van der Waals surface area (Å²) in [6, 6.07) is 5.97. The van der Waals surface area contributed by atoms with Gasteiger partial charge in [0, 0.05) is 50.5 Å². The number of nitrogens with zero attached hydrogens (tertiary/aromatic N) is 3. The van der Waals surface area contributed by atoms with Crippen molar-refractivity contribution in [1.29, 1.82) is 0 Å². The number of pyridine rings is 1. The number of carbonyl (C=O) groups is 2. The highest BCUT2D eigenvalue weighted by Gasteiger charge is 2.22. The molecule has 2 aromatic rings. The summed E-state index contributed by atoms with van der Waals surface area (Å²) in [6.45, 7) is 23.5. The Balaban J connectivity index is 0. The molecule has 0 aliphatic carbocycles. The van der Waals surface area contributed by atoms with Crippen molar-refractivity contribution in [3.8, 4) is 0 Å². The lowest BCUT2D eigenvalue weighted by Gasteiger charge is -2.31. The maximum atomic E-state index is 10.1. The summed E-state index contributed by atoms with van der Waals surface area (Å²) in [5.41, 5.74) is 6.06. The lowest BCUT2D eigenvalue weighted by Crippen LogP contribution is -2.28. The van der Waals surface area contributed by atoms with Crippen molar-refractivity contribution in [3.05, 3.63) is 98.9 Å². The van der Waals surface area contributed by atoms with Crippen molar-refractivity contribution in [2.75, 3.05) is 20.8 Å². The molecule has 1 atom stereocenters. The number of aromatic nitrogens is 1. The van der Waals surface area contributed by atoms with Gasteiger partial charge in [0.1, 0.15) is 12.6 Å². The highest BCUT2D eigenvalue weighted by molar-refractivity contribution is 9.11. The van der Waals surface area contributed by atoms with Crippen LogP contribution in [0.25, 0.3) is 0 Å². The molecule has 0 amide bonds. The number of rotatable bonds is 10. The van der Waals surface area contributed by atoms with Gasteiger partial charge in [-0.3, -0.25) is 9.78 Å². The van der Waals surface area contributed by atoms with Crippen LogP contribution in [0.5, 0.6) is 0 Å². The van der Waals surface area contributed by atoms with Crippen molar-refractivity contribution in [2.45, 2.75) is 73.6 Å². The Morgan fingerprint density at radius 1 is 1.16 bits per heavy atom. The van der Waals surface area contributed by atoms with Crippen LogP contribution in [-0.4, -0.2) is 49.4 Å². The molecule has 0 saturated carbocycles. The molecule has 0 N–H and O–H groups in total. The number of allylic oxidation sites excluding steroid dienone is 5. The van der Waals surface area contributed by atoms with Crippen molar-refractivity contribution in [3.63, 3.8) is 0 Å². The summed E-state index contributed by atoms with van der Waals surface area (Å²) in [5, 5.41) is 1.92. The molecule has 0 aromatic carbocycles. The van der Waals surface area contributed by atoms with Crippen molar-refractivity contribution in [2.24, 2.45) is 10.9 Å². The number of hydrogen-bond acceptors (Lipinski definition) is 7. The minimum absolute atomic E-state index is 0.496. The second-order valence-electron chi connectivity index (χ2n) is 9.63. The number of methoxy groups -OCH3 is 1. The Morgan fingerprint density at radius 2 is 1.81 bits per heavy atom. The second-order valence-corrected chi connectivity index (χ2v) is 11.4. The molecule has 6 nitrogen and oxygen atoms in total. The maximum absolute atomic E-state index is 10.1. The first-order valence-corrected chi connectivity index (χ1v) is 16.1. The summed E-state index contributed by atoms with van der Waals surface area (Å²) in [5.74, 6) is 1.47. The average molecular weight is 675 g/mol. The summed E-state index contributed by atoms with van der Waals surface area (Å²) in [7, 11) is 3.25. The zero-order chi connectivity index (χ0) is 33.2. The van der Waals surface area contributed by atoms with E-state index in [-0.39, 0.29) is 0 Å². The summed E-state index contributed by atoms with van der Waals surface area (Å²) < 4.78 is 5.20. The predicted molar refractivity (Wildman–Crippen MR) is 190 cm³/mol. The standard InChI is InChI=1S/C19H29BrN2.C7H9N.C6H6OS.C2H6O.CH2O/c1-7-10-16(12-11-14(4)5)18-13-15(6)22(9-3)19(21-18)17(20)8-2;1-2-7-4-3-5-8-6-7;1-5-2-3-8-6(5)4-7;1-3-2;1-2/h8,13,16H,2,4,7,9-12H2,1,3,5-6H3;3-6H,2H2,1H3;2-4H,1H3;1-2H3;1H2/b19-17+;;;;. The fourth-order valence-corrected chi connectivity index (χ4v) is 4.91. The molecule has 3 heterocycles. The molecule has 1 unspecified atom stereocenters. The van der Waals surface area contributed by atoms with E-state index in [9.17, 15) is 4.79 Å². The van der Waals surface area contributed by atoms with E-state index < -0.39 is 0 Å². The van der Waals surface area contributed by atoms with Crippen LogP contribution in [-0.2, 0) is 16.0 Å². The van der Waals surface area contributed by atoms with Gasteiger partial charge in [-0.25, -0.2) is 4.99 Å². The fraction of sp³-hybridized carbons (Fsp3) is 0.429. The number of ether oxygens (including phenoxy) is 1. The first-order valence-electron chi connectivity index (χ1n) is 14.4. The minimum Gasteiger partial charge on any atom is -0.388 e. The van der Waals surface area contributed by atoms with Gasteiger partial charge >= 0.3 is 0 Å². The maximum Gasteiger partial charge on any atom is 0.160 e. The molecule has 43 heavy (non-hydrogen) atoms. The van der Waals surface area contributed by atoms with E-state index in [0.29, 0.717) is 5.92 Å². The molecule has 0 spiro atoms. The lowest BCUT2D eigenvalue weighted by molar-refractivity contribution is -0.0980. The van der Waals surface area contributed by atoms with Crippen LogP contribution in [0.4, 0.5) is 0 Å². The van der Waals surface area contributed by atoms with Crippen LogP contribution in [0.2, 0.25) is 0 Å². The lowest BCUT2D eigenvalue weighted by atomic mass is 9.90. The van der Waals surface area contributed by atoms with Gasteiger partial charge in [0.15, 0.2) is 6.29 Å². The quantitative estimate of drug-likeness (QED) is 0.185. The Hall–Kier alpha value is -2.94. The highest BCUT2D eigenvalue weighted by atomic mass is 79.9. The molecule has 8 heteroatoms. The molecule has 1 aliphatic rings. The van der Waals surface area contributed by atoms with E-state index >= 15 is 0 Å². The van der Waals surface area contributed by atoms with E-state index in [1.165, 1.54) is 46.7 Å². The largest absolute Gasteiger partial charge is 0.388 e. The molecule has 0 radical (unpaired) electrons. The Bertz CT molecular complexity index is 1160. The number of aldehydes is 1. The van der Waals surface area contributed by atoms with Gasteiger partial charge in [0.05, 0.1) is 9.36 Å². The number of aliphatic imine (C=N–C) groups is 1. The van der Waals surface area contributed by atoms with Crippen molar-refractivity contribution >= 4 is 46.1 Å². The number of thiophene rings is 1. The molecule has 0 fully saturated rings. The van der Waals surface area contributed by atoms with Crippen LogP contribution in [0.3, 0.4) is 0 Å². The van der Waals surface area contributed by atoms with Crippen molar-refractivity contribution in [1.82, 2.24) is 9.88 Å². The van der Waals surface area contributed by atoms with Crippen LogP contribution in [0.15, 0.2) is 87.8 Å². The first kappa shape index (κ1) is 42.2. The van der Waals surface area contributed by atoms with Gasteiger partial charge in [-0.2, -0.15) is 0 Å². The van der Waals surface area contributed by atoms with Gasteiger partial charge < -0.3 is 14.4 Å². The van der Waals surface area contributed by atoms with Crippen molar-refractivity contribution < 1.29 is 14.3 Å². The molecule has 1 aliphatic heterocycles. The van der Waals surface area contributed by atoms with Crippen LogP contribution < -0.4 is 0 Å². The van der Waals surface area contributed by atoms with Gasteiger partial charge in [0.2, 0.25) is 0 Å². The van der Waals surface area contributed by atoms with Gasteiger partial charge in [-0.15, -0.1) is 17.9 Å². The molecule has 2 aromatic heterocycles. The zero-order valence-electron chi connectivity index (χ0n) is 27.5. The zero-order valence-corrected chi connectivity index (χ0v) is 29.9. The van der Waals surface area contributed by atoms with Crippen LogP contribution >= 0.6 is 27.3 Å². The fourth-order valence-electron chi connectivity index (χ4n) is 3.88. The van der Waals surface area contributed by atoms with E-state index in [4.69, 9.17) is 9.79 Å². The third-order valence-corrected chi connectivity index (χ3v) is 7.72. The van der Waals surface area contributed by atoms with Gasteiger partial charge in [0.25, 0.3) is 0 Å². The molecule has 0 saturated heterocycles. The Kier molecular flexibility index (Phi) is 26.2. The van der Waals surface area contributed by atoms with Gasteiger partial charge in [-0.1, -0.05) is 44.6 Å². The van der Waals surface area contributed by atoms with Gasteiger partial charge in [-0.05, 0) is 104 Å². The summed E-state index contributed by atoms with van der Waals surface area (Å²) in [6.07, 6.45) is 14.2. The minimum atomic E-state index is 0.496. The molecular formula is C35H52BrN3O3S. The smallest absolute Gasteiger partial charge is 0.160 e. The summed E-state index contributed by atoms with van der Waals surface area (Å²) in [4.78, 5) is 30.1. The Labute approximate surface area is 273 Å². The van der Waals surface area contributed by atoms with E-state index in [0.717, 1.165) is 52.8 Å². The number of carbonyl (C=O) groups excluding carboxylic acids is 2. The second kappa shape index (κ2) is 26.7. The SMILES string of the molecule is C=C/C(Br)=C1/N=C(C(CCC)CCC(=C)C)C=C(C)N1CC.C=O.CCc1cccnc1.COC.Cc1ccsc1C=O. The number of aryl methyl sites for hydroxylation is 2. The Morgan fingerprint density at radius 3 is 2.19 bits per heavy atom. The third kappa shape index (κ3) is 17.7. The third-order valence-electron chi connectivity index (χ3n) is 6.10. The molecular weight excluding hydrogens is 622 g/mol. The number of hydrogen-bond donors (Lipinski definition) is 0. The highest BCUT2D eigenvalue weighted by Crippen LogP contribution is 2.30. The monoisotopic (exact) mass is 673 g/mol. The van der Waals surface area contributed by atoms with Crippen LogP contribution in [0.1, 0.15) is 81.1 Å². The van der Waals surface area contributed by atoms with Crippen LogP contribution in [0, 0.1) is 12.8 Å². The molecule has 238 valence electrons. The molecule has 3 rings (SSSR count). The van der Waals surface area contributed by atoms with E-state index in [2.05, 4.69) is 90.5 Å². The topological polar surface area (TPSA) is 71.9 Å². The normalized spacial score (nSPS) is 13.4. The summed E-state index contributed by atoms with van der Waals surface area (Å²) >= 11 is 5.08. The van der Waals surface area contributed by atoms with E-state index in [1.807, 2.05) is 43.5 Å². The first-order chi connectivity index (χ1) is 20.6. The molecule has 0 bridgehead atoms. The predicted octanol–water partition coefficient (Wildman–Crippen LogP) is 9.78. The number of halogens is 1. The van der Waals surface area contributed by atoms with E-state index in [1.54, 1.807) is 20.4 Å². The average Bonchev–Trinajstić information content (AvgIpc) is 3.45.